The zero-order valence-electron chi connectivity index (χ0n) is 17.5. The molecule has 5 N–H and O–H groups in total. The summed E-state index contributed by atoms with van der Waals surface area (Å²) in [4.78, 5) is 22.2. The lowest BCUT2D eigenvalue weighted by molar-refractivity contribution is 0.100. The molecule has 1 saturated heterocycles. The molecule has 0 unspecified atom stereocenters. The number of primary amides is 1. The van der Waals surface area contributed by atoms with E-state index in [1.165, 1.54) is 0 Å². The van der Waals surface area contributed by atoms with Crippen LogP contribution >= 0.6 is 11.6 Å². The zero-order valence-corrected chi connectivity index (χ0v) is 18.2. The third kappa shape index (κ3) is 3.72. The predicted molar refractivity (Wildman–Crippen MR) is 126 cm³/mol. The summed E-state index contributed by atoms with van der Waals surface area (Å²) in [6.07, 6.45) is 7.11. The second-order valence-electron chi connectivity index (χ2n) is 8.17. The number of benzene rings is 1. The normalized spacial score (nSPS) is 16.6. The Morgan fingerprint density at radius 1 is 1.28 bits per heavy atom. The minimum Gasteiger partial charge on any atom is -0.368 e. The summed E-state index contributed by atoms with van der Waals surface area (Å²) < 4.78 is 1.73. The summed E-state index contributed by atoms with van der Waals surface area (Å²) in [7, 11) is 0. The Bertz CT molecular complexity index is 1280. The van der Waals surface area contributed by atoms with Crippen molar-refractivity contribution in [2.75, 3.05) is 18.0 Å². The molecule has 1 fully saturated rings. The van der Waals surface area contributed by atoms with Crippen LogP contribution in [0.25, 0.3) is 22.3 Å². The first-order valence-corrected chi connectivity index (χ1v) is 11.0. The minimum absolute atomic E-state index is 0.0803. The number of nitrogens with zero attached hydrogens (tertiary/aromatic N) is 4. The largest absolute Gasteiger partial charge is 0.368 e. The Morgan fingerprint density at radius 3 is 2.84 bits per heavy atom. The van der Waals surface area contributed by atoms with E-state index in [1.807, 2.05) is 36.5 Å². The molecule has 0 aliphatic carbocycles. The van der Waals surface area contributed by atoms with Crippen molar-refractivity contribution < 1.29 is 4.79 Å². The Labute approximate surface area is 190 Å². The van der Waals surface area contributed by atoms with Crippen molar-refractivity contribution >= 4 is 34.2 Å². The average Bonchev–Trinajstić information content (AvgIpc) is 3.38. The lowest BCUT2D eigenvalue weighted by atomic mass is 10.0. The molecule has 5 rings (SSSR count). The van der Waals surface area contributed by atoms with Gasteiger partial charge in [0.15, 0.2) is 0 Å². The summed E-state index contributed by atoms with van der Waals surface area (Å²) in [5, 5.41) is 6.09. The molecule has 0 radical (unpaired) electrons. The number of hydrogen-bond acceptors (Lipinski definition) is 5. The number of hydrogen-bond donors (Lipinski definition) is 3. The number of aromatic amines is 1. The predicted octanol–water partition coefficient (Wildman–Crippen LogP) is 3.15. The Hall–Kier alpha value is -3.36. The number of nitrogens with two attached hydrogens (primary N) is 2. The van der Waals surface area contributed by atoms with E-state index in [0.717, 1.165) is 41.6 Å². The van der Waals surface area contributed by atoms with Crippen molar-refractivity contribution in [2.45, 2.75) is 25.4 Å². The summed E-state index contributed by atoms with van der Waals surface area (Å²) >= 11 is 6.64. The molecular formula is C23H24ClN7O. The monoisotopic (exact) mass is 449 g/mol. The van der Waals surface area contributed by atoms with Crippen LogP contribution in [0.1, 0.15) is 28.8 Å². The first-order chi connectivity index (χ1) is 15.5. The molecule has 0 saturated carbocycles. The van der Waals surface area contributed by atoms with Gasteiger partial charge < -0.3 is 21.4 Å². The smallest absolute Gasteiger partial charge is 0.252 e. The maximum atomic E-state index is 12.3. The topological polar surface area (TPSA) is 119 Å². The number of H-pyrrole nitrogens is 1. The Kier molecular flexibility index (Phi) is 5.32. The molecule has 4 heterocycles. The van der Waals surface area contributed by atoms with Gasteiger partial charge in [-0.2, -0.15) is 5.10 Å². The van der Waals surface area contributed by atoms with E-state index in [0.29, 0.717) is 35.0 Å². The fourth-order valence-electron chi connectivity index (χ4n) is 4.42. The average molecular weight is 450 g/mol. The second kappa shape index (κ2) is 8.29. The molecule has 8 nitrogen and oxygen atoms in total. The van der Waals surface area contributed by atoms with Crippen molar-refractivity contribution in [1.82, 2.24) is 19.7 Å². The summed E-state index contributed by atoms with van der Waals surface area (Å²) in [5.41, 5.74) is 16.2. The third-order valence-corrected chi connectivity index (χ3v) is 6.15. The van der Waals surface area contributed by atoms with Crippen LogP contribution in [-0.2, 0) is 6.54 Å². The van der Waals surface area contributed by atoms with E-state index in [9.17, 15) is 4.79 Å². The Morgan fingerprint density at radius 2 is 2.09 bits per heavy atom. The number of anilines is 1. The van der Waals surface area contributed by atoms with Crippen LogP contribution in [0, 0.1) is 0 Å². The minimum atomic E-state index is -0.537. The number of amides is 1. The van der Waals surface area contributed by atoms with Crippen molar-refractivity contribution in [2.24, 2.45) is 11.5 Å². The van der Waals surface area contributed by atoms with Crippen molar-refractivity contribution in [1.29, 1.82) is 0 Å². The van der Waals surface area contributed by atoms with Gasteiger partial charge in [-0.05, 0) is 18.4 Å². The van der Waals surface area contributed by atoms with Gasteiger partial charge in [0, 0.05) is 37.1 Å². The standard InChI is InChI=1S/C23H24ClN7O/c24-18-10-28-23-19(21(18)30-8-4-7-15(25)12-30)16(9-27-23)20-17(22(26)32)13-31(29-20)11-14-5-2-1-3-6-14/h1-3,5-6,9-10,13,15H,4,7-8,11-12,25H2,(H2,26,32)(H,27,28)/t15-/m1/s1. The third-order valence-electron chi connectivity index (χ3n) is 5.87. The lowest BCUT2D eigenvalue weighted by Crippen LogP contribution is -2.43. The number of pyridine rings is 1. The van der Waals surface area contributed by atoms with Crippen molar-refractivity contribution in [3.8, 4) is 11.3 Å². The highest BCUT2D eigenvalue weighted by Crippen LogP contribution is 2.40. The van der Waals surface area contributed by atoms with Crippen LogP contribution in [0.4, 0.5) is 5.69 Å². The molecule has 1 aromatic carbocycles. The van der Waals surface area contributed by atoms with Gasteiger partial charge in [0.25, 0.3) is 5.91 Å². The van der Waals surface area contributed by atoms with Crippen LogP contribution < -0.4 is 16.4 Å². The number of halogens is 1. The molecule has 3 aromatic heterocycles. The molecule has 4 aromatic rings. The number of fused-ring (bicyclic) bond motifs is 1. The van der Waals surface area contributed by atoms with Crippen LogP contribution in [0.3, 0.4) is 0 Å². The number of carbonyl (C=O) groups excluding carboxylic acids is 1. The highest BCUT2D eigenvalue weighted by Gasteiger charge is 2.26. The van der Waals surface area contributed by atoms with E-state index in [4.69, 9.17) is 28.2 Å². The number of nitrogens with one attached hydrogen (secondary N) is 1. The maximum Gasteiger partial charge on any atom is 0.252 e. The second-order valence-corrected chi connectivity index (χ2v) is 8.58. The first kappa shape index (κ1) is 20.5. The molecule has 164 valence electrons. The van der Waals surface area contributed by atoms with Gasteiger partial charge in [-0.1, -0.05) is 41.9 Å². The quantitative estimate of drug-likeness (QED) is 0.432. The Balaban J connectivity index is 1.65. The molecule has 1 aliphatic rings. The van der Waals surface area contributed by atoms with E-state index in [1.54, 1.807) is 17.1 Å². The SMILES string of the molecule is NC(=O)c1cn(Cc2ccccc2)nc1-c1c[nH]c2ncc(Cl)c(N3CCC[C@@H](N)C3)c12. The highest BCUT2D eigenvalue weighted by molar-refractivity contribution is 6.35. The molecule has 1 amide bonds. The maximum absolute atomic E-state index is 12.3. The van der Waals surface area contributed by atoms with E-state index < -0.39 is 5.91 Å². The molecule has 0 bridgehead atoms. The fraction of sp³-hybridized carbons (Fsp3) is 0.261. The van der Waals surface area contributed by atoms with Crippen molar-refractivity contribution in [3.05, 3.63) is 65.1 Å². The first-order valence-electron chi connectivity index (χ1n) is 10.6. The molecule has 1 aliphatic heterocycles. The fourth-order valence-corrected chi connectivity index (χ4v) is 4.68. The molecule has 32 heavy (non-hydrogen) atoms. The molecule has 9 heteroatoms. The van der Waals surface area contributed by atoms with Crippen LogP contribution in [0.2, 0.25) is 5.02 Å². The number of piperidine rings is 1. The van der Waals surface area contributed by atoms with Gasteiger partial charge in [-0.15, -0.1) is 0 Å². The summed E-state index contributed by atoms with van der Waals surface area (Å²) in [6, 6.07) is 10.0. The number of aromatic nitrogens is 4. The summed E-state index contributed by atoms with van der Waals surface area (Å²) in [6.45, 7) is 2.08. The van der Waals surface area contributed by atoms with Gasteiger partial charge in [0.2, 0.25) is 0 Å². The number of rotatable bonds is 5. The lowest BCUT2D eigenvalue weighted by Gasteiger charge is -2.33. The van der Waals surface area contributed by atoms with Gasteiger partial charge in [-0.25, -0.2) is 4.98 Å². The van der Waals surface area contributed by atoms with E-state index in [2.05, 4.69) is 14.9 Å². The summed E-state index contributed by atoms with van der Waals surface area (Å²) in [5.74, 6) is -0.537. The van der Waals surface area contributed by atoms with Gasteiger partial charge >= 0.3 is 0 Å². The van der Waals surface area contributed by atoms with Gasteiger partial charge in [0.1, 0.15) is 11.3 Å². The van der Waals surface area contributed by atoms with Crippen LogP contribution in [0.15, 0.2) is 48.9 Å². The molecule has 1 atom stereocenters. The molecule has 0 spiro atoms. The van der Waals surface area contributed by atoms with Crippen LogP contribution in [-0.4, -0.2) is 44.8 Å². The van der Waals surface area contributed by atoms with Gasteiger partial charge in [-0.3, -0.25) is 9.48 Å². The van der Waals surface area contributed by atoms with Gasteiger partial charge in [0.05, 0.1) is 34.4 Å². The van der Waals surface area contributed by atoms with Crippen LogP contribution in [0.5, 0.6) is 0 Å². The van der Waals surface area contributed by atoms with Crippen molar-refractivity contribution in [3.63, 3.8) is 0 Å². The van der Waals surface area contributed by atoms with E-state index >= 15 is 0 Å². The highest BCUT2D eigenvalue weighted by atomic mass is 35.5. The number of carbonyl (C=O) groups is 1. The van der Waals surface area contributed by atoms with E-state index in [-0.39, 0.29) is 6.04 Å². The zero-order chi connectivity index (χ0) is 22.2. The molecular weight excluding hydrogens is 426 g/mol.